The van der Waals surface area contributed by atoms with Crippen LogP contribution in [-0.4, -0.2) is 32.5 Å². The van der Waals surface area contributed by atoms with Crippen LogP contribution in [0.5, 0.6) is 5.75 Å². The second kappa shape index (κ2) is 6.81. The van der Waals surface area contributed by atoms with Crippen molar-refractivity contribution in [1.82, 2.24) is 0 Å². The summed E-state index contributed by atoms with van der Waals surface area (Å²) in [5, 5.41) is 0. The Hall–Kier alpha value is -2.37. The summed E-state index contributed by atoms with van der Waals surface area (Å²) in [6, 6.07) is 14.2. The fourth-order valence-corrected chi connectivity index (χ4v) is 6.70. The molecule has 0 bridgehead atoms. The van der Waals surface area contributed by atoms with Crippen molar-refractivity contribution in [3.8, 4) is 5.75 Å². The van der Waals surface area contributed by atoms with Gasteiger partial charge in [-0.15, -0.1) is 0 Å². The summed E-state index contributed by atoms with van der Waals surface area (Å²) in [6.07, 6.45) is 4.22. The van der Waals surface area contributed by atoms with E-state index in [-0.39, 0.29) is 11.2 Å². The lowest BCUT2D eigenvalue weighted by atomic mass is 9.76. The second-order valence-electron chi connectivity index (χ2n) is 10.6. The first kappa shape index (κ1) is 21.8. The Balaban J connectivity index is 1.68. The summed E-state index contributed by atoms with van der Waals surface area (Å²) in [6.45, 7) is 14.5. The molecule has 164 valence electrons. The Morgan fingerprint density at radius 3 is 2.42 bits per heavy atom. The molecule has 0 aromatic heterocycles. The lowest BCUT2D eigenvalue weighted by Gasteiger charge is -2.45. The maximum atomic E-state index is 13.2. The molecule has 2 aromatic carbocycles. The van der Waals surface area contributed by atoms with Crippen LogP contribution in [0, 0.1) is 0 Å². The SMILES string of the molecule is CN1c2ccccc2C(C)(C)C12C=Cc1cc(C(=O)C(C)(C)O[Si](C)(C)C)ccc1O2. The Labute approximate surface area is 187 Å². The molecule has 2 heterocycles. The number of hydrogen-bond donors (Lipinski definition) is 0. The lowest BCUT2D eigenvalue weighted by molar-refractivity contribution is 0.0552. The molecule has 0 radical (unpaired) electrons. The highest BCUT2D eigenvalue weighted by Gasteiger charge is 2.57. The Bertz CT molecular complexity index is 1080. The van der Waals surface area contributed by atoms with Gasteiger partial charge in [0.05, 0.1) is 5.41 Å². The van der Waals surface area contributed by atoms with Gasteiger partial charge in [-0.1, -0.05) is 18.2 Å². The van der Waals surface area contributed by atoms with Crippen LogP contribution in [0.2, 0.25) is 19.6 Å². The van der Waals surface area contributed by atoms with E-state index in [1.165, 1.54) is 11.3 Å². The molecule has 4 nitrogen and oxygen atoms in total. The van der Waals surface area contributed by atoms with Gasteiger partial charge in [-0.25, -0.2) is 0 Å². The third kappa shape index (κ3) is 3.35. The first-order valence-corrected chi connectivity index (χ1v) is 14.3. The molecule has 2 aliphatic rings. The standard InChI is InChI=1S/C26H33NO3Si/c1-24(2)20-11-9-10-12-21(20)27(5)26(24)16-15-18-17-19(13-14-22(18)29-26)23(28)25(3,4)30-31(6,7)8/h9-17H,1-8H3. The number of ketones is 1. The smallest absolute Gasteiger partial charge is 0.211 e. The third-order valence-corrected chi connectivity index (χ3v) is 7.59. The predicted octanol–water partition coefficient (Wildman–Crippen LogP) is 6.03. The molecule has 4 rings (SSSR count). The molecule has 0 fully saturated rings. The van der Waals surface area contributed by atoms with Crippen LogP contribution in [0.1, 0.15) is 49.2 Å². The number of anilines is 1. The normalized spacial score (nSPS) is 21.6. The molecule has 31 heavy (non-hydrogen) atoms. The number of benzene rings is 2. The Morgan fingerprint density at radius 2 is 1.77 bits per heavy atom. The maximum absolute atomic E-state index is 13.2. The van der Waals surface area contributed by atoms with Crippen LogP contribution in [0.15, 0.2) is 48.5 Å². The molecule has 1 spiro atoms. The van der Waals surface area contributed by atoms with Crippen molar-refractivity contribution in [1.29, 1.82) is 0 Å². The van der Waals surface area contributed by atoms with Crippen molar-refractivity contribution in [2.75, 3.05) is 11.9 Å². The van der Waals surface area contributed by atoms with Gasteiger partial charge in [0, 0.05) is 23.9 Å². The number of ether oxygens (including phenoxy) is 1. The molecule has 0 amide bonds. The quantitative estimate of drug-likeness (QED) is 0.434. The van der Waals surface area contributed by atoms with Crippen LogP contribution in [0.25, 0.3) is 6.08 Å². The summed E-state index contributed by atoms with van der Waals surface area (Å²) in [5.41, 5.74) is 2.30. The van der Waals surface area contributed by atoms with Gasteiger partial charge in [-0.3, -0.25) is 4.79 Å². The average Bonchev–Trinajstić information content (AvgIpc) is 2.84. The van der Waals surface area contributed by atoms with E-state index in [4.69, 9.17) is 9.16 Å². The van der Waals surface area contributed by atoms with Crippen LogP contribution in [0.4, 0.5) is 5.69 Å². The van der Waals surface area contributed by atoms with E-state index in [1.54, 1.807) is 0 Å². The minimum absolute atomic E-state index is 0.00266. The van der Waals surface area contributed by atoms with Gasteiger partial charge in [0.25, 0.3) is 0 Å². The van der Waals surface area contributed by atoms with Crippen molar-refractivity contribution in [2.24, 2.45) is 0 Å². The summed E-state index contributed by atoms with van der Waals surface area (Å²) < 4.78 is 12.9. The average molecular weight is 436 g/mol. The molecule has 2 aliphatic heterocycles. The summed E-state index contributed by atoms with van der Waals surface area (Å²) in [7, 11) is 0.222. The first-order chi connectivity index (χ1) is 14.3. The van der Waals surface area contributed by atoms with Crippen LogP contribution < -0.4 is 9.64 Å². The number of hydrogen-bond acceptors (Lipinski definition) is 4. The number of Topliss-reactive ketones (excluding diaryl/α,β-unsaturated/α-hetero) is 1. The largest absolute Gasteiger partial charge is 0.463 e. The number of fused-ring (bicyclic) bond motifs is 2. The van der Waals surface area contributed by atoms with E-state index >= 15 is 0 Å². The van der Waals surface area contributed by atoms with E-state index in [0.717, 1.165) is 11.3 Å². The molecule has 1 atom stereocenters. The second-order valence-corrected chi connectivity index (χ2v) is 15.1. The monoisotopic (exact) mass is 435 g/mol. The highest BCUT2D eigenvalue weighted by Crippen LogP contribution is 2.54. The van der Waals surface area contributed by atoms with Crippen LogP contribution >= 0.6 is 0 Å². The molecule has 2 aromatic rings. The number of nitrogens with zero attached hydrogens (tertiary/aromatic N) is 1. The van der Waals surface area contributed by atoms with Gasteiger partial charge in [0.2, 0.25) is 5.72 Å². The fourth-order valence-electron chi connectivity index (χ4n) is 5.08. The fraction of sp³-hybridized carbons (Fsp3) is 0.423. The van der Waals surface area contributed by atoms with Gasteiger partial charge in [-0.05, 0) is 89.3 Å². The number of para-hydroxylation sites is 1. The molecule has 0 saturated heterocycles. The lowest BCUT2D eigenvalue weighted by Crippen LogP contribution is -2.58. The van der Waals surface area contributed by atoms with E-state index in [2.05, 4.69) is 81.9 Å². The van der Waals surface area contributed by atoms with Gasteiger partial charge >= 0.3 is 0 Å². The van der Waals surface area contributed by atoms with Crippen LogP contribution in [-0.2, 0) is 9.84 Å². The van der Waals surface area contributed by atoms with E-state index in [0.29, 0.717) is 5.56 Å². The predicted molar refractivity (Wildman–Crippen MR) is 130 cm³/mol. The minimum Gasteiger partial charge on any atom is -0.463 e. The topological polar surface area (TPSA) is 38.8 Å². The molecule has 0 aliphatic carbocycles. The molecule has 1 unspecified atom stereocenters. The van der Waals surface area contributed by atoms with Crippen molar-refractivity contribution in [2.45, 2.75) is 64.1 Å². The maximum Gasteiger partial charge on any atom is 0.211 e. The highest BCUT2D eigenvalue weighted by molar-refractivity contribution is 6.70. The molecule has 5 heteroatoms. The van der Waals surface area contributed by atoms with Gasteiger partial charge in [0.1, 0.15) is 11.4 Å². The molecular formula is C26H33NO3Si. The zero-order valence-corrected chi connectivity index (χ0v) is 20.9. The zero-order chi connectivity index (χ0) is 22.8. The van der Waals surface area contributed by atoms with Crippen molar-refractivity contribution in [3.63, 3.8) is 0 Å². The summed E-state index contributed by atoms with van der Waals surface area (Å²) in [4.78, 5) is 15.4. The Morgan fingerprint density at radius 1 is 1.10 bits per heavy atom. The van der Waals surface area contributed by atoms with E-state index < -0.39 is 19.6 Å². The molecular weight excluding hydrogens is 402 g/mol. The van der Waals surface area contributed by atoms with E-state index in [1.807, 2.05) is 32.0 Å². The first-order valence-electron chi connectivity index (χ1n) is 10.9. The van der Waals surface area contributed by atoms with Crippen molar-refractivity contribution < 1.29 is 14.0 Å². The van der Waals surface area contributed by atoms with Gasteiger partial charge in [-0.2, -0.15) is 0 Å². The summed E-state index contributed by atoms with van der Waals surface area (Å²) in [5.74, 6) is 0.785. The number of rotatable bonds is 4. The Kier molecular flexibility index (Phi) is 4.80. The third-order valence-electron chi connectivity index (χ3n) is 6.47. The highest BCUT2D eigenvalue weighted by atomic mass is 28.4. The van der Waals surface area contributed by atoms with Crippen LogP contribution in [0.3, 0.4) is 0 Å². The molecule has 0 saturated carbocycles. The van der Waals surface area contributed by atoms with Crippen molar-refractivity contribution >= 4 is 25.9 Å². The number of carbonyl (C=O) groups is 1. The molecule has 0 N–H and O–H groups in total. The zero-order valence-electron chi connectivity index (χ0n) is 19.9. The summed E-state index contributed by atoms with van der Waals surface area (Å²) >= 11 is 0. The van der Waals surface area contributed by atoms with Gasteiger partial charge < -0.3 is 14.1 Å². The minimum atomic E-state index is -1.86. The number of likely N-dealkylation sites (N-methyl/N-ethyl adjacent to an activating group) is 1. The number of carbonyl (C=O) groups excluding carboxylic acids is 1. The van der Waals surface area contributed by atoms with Gasteiger partial charge in [0.15, 0.2) is 14.1 Å². The van der Waals surface area contributed by atoms with E-state index in [9.17, 15) is 4.79 Å². The van der Waals surface area contributed by atoms with Crippen molar-refractivity contribution in [3.05, 3.63) is 65.2 Å².